The minimum atomic E-state index is -0.516. The SMILES string of the molecule is C=C(C)C(=O)Oc1ccc(C(=O)Nc2cccc3c(O)cccc23)cc1. The maximum atomic E-state index is 12.5. The summed E-state index contributed by atoms with van der Waals surface area (Å²) in [5.41, 5.74) is 1.31. The molecule has 5 heteroatoms. The zero-order chi connectivity index (χ0) is 18.7. The number of rotatable bonds is 4. The van der Waals surface area contributed by atoms with Crippen molar-refractivity contribution in [3.8, 4) is 11.5 Å². The monoisotopic (exact) mass is 347 g/mol. The fourth-order valence-electron chi connectivity index (χ4n) is 2.47. The number of hydrogen-bond acceptors (Lipinski definition) is 4. The second kappa shape index (κ2) is 7.11. The van der Waals surface area contributed by atoms with E-state index >= 15 is 0 Å². The van der Waals surface area contributed by atoms with Gasteiger partial charge in [-0.25, -0.2) is 4.79 Å². The van der Waals surface area contributed by atoms with Crippen LogP contribution < -0.4 is 10.1 Å². The predicted octanol–water partition coefficient (Wildman–Crippen LogP) is 4.28. The van der Waals surface area contributed by atoms with Gasteiger partial charge in [0.2, 0.25) is 0 Å². The third-order valence-corrected chi connectivity index (χ3v) is 3.82. The molecule has 0 spiro atoms. The molecule has 130 valence electrons. The molecule has 3 aromatic carbocycles. The molecule has 0 radical (unpaired) electrons. The molecule has 26 heavy (non-hydrogen) atoms. The lowest BCUT2D eigenvalue weighted by atomic mass is 10.1. The number of carbonyl (C=O) groups is 2. The van der Waals surface area contributed by atoms with Crippen LogP contribution in [-0.4, -0.2) is 17.0 Å². The molecule has 5 nitrogen and oxygen atoms in total. The van der Waals surface area contributed by atoms with Crippen molar-refractivity contribution < 1.29 is 19.4 Å². The first-order chi connectivity index (χ1) is 12.5. The van der Waals surface area contributed by atoms with Crippen LogP contribution in [0.15, 0.2) is 72.8 Å². The molecule has 0 saturated heterocycles. The second-order valence-electron chi connectivity index (χ2n) is 5.83. The minimum Gasteiger partial charge on any atom is -0.507 e. The molecule has 0 bridgehead atoms. The summed E-state index contributed by atoms with van der Waals surface area (Å²) >= 11 is 0. The average molecular weight is 347 g/mol. The Morgan fingerprint density at radius 2 is 1.62 bits per heavy atom. The van der Waals surface area contributed by atoms with E-state index in [4.69, 9.17) is 4.74 Å². The average Bonchev–Trinajstić information content (AvgIpc) is 2.63. The number of anilines is 1. The molecule has 0 saturated carbocycles. The first kappa shape index (κ1) is 17.2. The Kier molecular flexibility index (Phi) is 4.71. The number of esters is 1. The van der Waals surface area contributed by atoms with Gasteiger partial charge in [0.25, 0.3) is 5.91 Å². The van der Waals surface area contributed by atoms with Gasteiger partial charge >= 0.3 is 5.97 Å². The van der Waals surface area contributed by atoms with Gasteiger partial charge in [-0.15, -0.1) is 0 Å². The van der Waals surface area contributed by atoms with E-state index in [1.54, 1.807) is 61.5 Å². The van der Waals surface area contributed by atoms with Gasteiger partial charge < -0.3 is 15.2 Å². The lowest BCUT2D eigenvalue weighted by Crippen LogP contribution is -2.12. The summed E-state index contributed by atoms with van der Waals surface area (Å²) in [5.74, 6) is -0.330. The van der Waals surface area contributed by atoms with Gasteiger partial charge in [0.1, 0.15) is 11.5 Å². The predicted molar refractivity (Wildman–Crippen MR) is 100 cm³/mol. The van der Waals surface area contributed by atoms with Crippen molar-refractivity contribution in [1.82, 2.24) is 0 Å². The molecule has 3 rings (SSSR count). The number of phenolic OH excluding ortho intramolecular Hbond substituents is 1. The second-order valence-corrected chi connectivity index (χ2v) is 5.83. The fourth-order valence-corrected chi connectivity index (χ4v) is 2.47. The normalized spacial score (nSPS) is 10.3. The molecule has 0 heterocycles. The Balaban J connectivity index is 1.80. The van der Waals surface area contributed by atoms with Crippen LogP contribution in [-0.2, 0) is 4.79 Å². The Bertz CT molecular complexity index is 1010. The van der Waals surface area contributed by atoms with Crippen molar-refractivity contribution in [3.05, 3.63) is 78.4 Å². The van der Waals surface area contributed by atoms with Gasteiger partial charge in [0, 0.05) is 27.6 Å². The van der Waals surface area contributed by atoms with E-state index in [-0.39, 0.29) is 11.7 Å². The van der Waals surface area contributed by atoms with Crippen molar-refractivity contribution in [3.63, 3.8) is 0 Å². The quantitative estimate of drug-likeness (QED) is 0.420. The topological polar surface area (TPSA) is 75.6 Å². The smallest absolute Gasteiger partial charge is 0.338 e. The number of amides is 1. The number of nitrogens with one attached hydrogen (secondary N) is 1. The number of aromatic hydroxyl groups is 1. The summed E-state index contributed by atoms with van der Waals surface area (Å²) in [5, 5.41) is 14.2. The van der Waals surface area contributed by atoms with E-state index in [0.717, 1.165) is 5.39 Å². The van der Waals surface area contributed by atoms with Gasteiger partial charge in [-0.3, -0.25) is 4.79 Å². The van der Waals surface area contributed by atoms with Crippen molar-refractivity contribution in [2.45, 2.75) is 6.92 Å². The van der Waals surface area contributed by atoms with Gasteiger partial charge in [-0.2, -0.15) is 0 Å². The summed E-state index contributed by atoms with van der Waals surface area (Å²) < 4.78 is 5.10. The van der Waals surface area contributed by atoms with Crippen LogP contribution in [0.3, 0.4) is 0 Å². The minimum absolute atomic E-state index is 0.155. The van der Waals surface area contributed by atoms with Crippen molar-refractivity contribution in [2.24, 2.45) is 0 Å². The van der Waals surface area contributed by atoms with Crippen LogP contribution in [0.25, 0.3) is 10.8 Å². The zero-order valence-electron chi connectivity index (χ0n) is 14.2. The summed E-state index contributed by atoms with van der Waals surface area (Å²) in [4.78, 5) is 24.0. The van der Waals surface area contributed by atoms with E-state index in [1.807, 2.05) is 6.07 Å². The summed E-state index contributed by atoms with van der Waals surface area (Å²) in [6, 6.07) is 16.7. The molecule has 0 aromatic heterocycles. The number of phenols is 1. The lowest BCUT2D eigenvalue weighted by Gasteiger charge is -2.10. The number of benzene rings is 3. The standard InChI is InChI=1S/C21H17NO4/c1-13(2)21(25)26-15-11-9-14(10-12-15)20(24)22-18-7-3-6-17-16(18)5-4-8-19(17)23/h3-12,23H,1H2,2H3,(H,22,24). The van der Waals surface area contributed by atoms with Gasteiger partial charge in [0.05, 0.1) is 0 Å². The highest BCUT2D eigenvalue weighted by molar-refractivity contribution is 6.10. The van der Waals surface area contributed by atoms with Gasteiger partial charge in [-0.1, -0.05) is 30.8 Å². The third-order valence-electron chi connectivity index (χ3n) is 3.82. The summed E-state index contributed by atoms with van der Waals surface area (Å²) in [6.07, 6.45) is 0. The highest BCUT2D eigenvalue weighted by atomic mass is 16.5. The van der Waals surface area contributed by atoms with E-state index in [1.165, 1.54) is 0 Å². The van der Waals surface area contributed by atoms with E-state index < -0.39 is 5.97 Å². The first-order valence-corrected chi connectivity index (χ1v) is 7.95. The van der Waals surface area contributed by atoms with Gasteiger partial charge in [0.15, 0.2) is 0 Å². The van der Waals surface area contributed by atoms with Crippen LogP contribution in [0.4, 0.5) is 5.69 Å². The number of ether oxygens (including phenoxy) is 1. The van der Waals surface area contributed by atoms with Crippen molar-refractivity contribution >= 4 is 28.3 Å². The van der Waals surface area contributed by atoms with Crippen molar-refractivity contribution in [2.75, 3.05) is 5.32 Å². The Morgan fingerprint density at radius 3 is 2.31 bits per heavy atom. The molecule has 1 amide bonds. The van der Waals surface area contributed by atoms with E-state index in [9.17, 15) is 14.7 Å². The summed E-state index contributed by atoms with van der Waals surface area (Å²) in [6.45, 7) is 5.08. The molecule has 0 aliphatic rings. The number of fused-ring (bicyclic) bond motifs is 1. The molecule has 0 unspecified atom stereocenters. The van der Waals surface area contributed by atoms with Crippen LogP contribution in [0.1, 0.15) is 17.3 Å². The number of carbonyl (C=O) groups excluding carboxylic acids is 2. The van der Waals surface area contributed by atoms with E-state index in [0.29, 0.717) is 28.0 Å². The highest BCUT2D eigenvalue weighted by Crippen LogP contribution is 2.30. The van der Waals surface area contributed by atoms with Crippen LogP contribution in [0.5, 0.6) is 11.5 Å². The molecule has 2 N–H and O–H groups in total. The van der Waals surface area contributed by atoms with Crippen LogP contribution >= 0.6 is 0 Å². The molecular formula is C21H17NO4. The molecule has 0 atom stereocenters. The van der Waals surface area contributed by atoms with Gasteiger partial charge in [-0.05, 0) is 43.3 Å². The molecule has 0 aliphatic heterocycles. The number of hydrogen-bond donors (Lipinski definition) is 2. The molecule has 3 aromatic rings. The largest absolute Gasteiger partial charge is 0.507 e. The molecule has 0 aliphatic carbocycles. The summed E-state index contributed by atoms with van der Waals surface area (Å²) in [7, 11) is 0. The molecule has 0 fully saturated rings. The Hall–Kier alpha value is -3.60. The Labute approximate surface area is 150 Å². The lowest BCUT2D eigenvalue weighted by molar-refractivity contribution is -0.130. The highest BCUT2D eigenvalue weighted by Gasteiger charge is 2.11. The maximum absolute atomic E-state index is 12.5. The fraction of sp³-hybridized carbons (Fsp3) is 0.0476. The Morgan fingerprint density at radius 1 is 0.962 bits per heavy atom. The maximum Gasteiger partial charge on any atom is 0.338 e. The first-order valence-electron chi connectivity index (χ1n) is 7.95. The molecular weight excluding hydrogens is 330 g/mol. The zero-order valence-corrected chi connectivity index (χ0v) is 14.2. The van der Waals surface area contributed by atoms with Crippen molar-refractivity contribution in [1.29, 1.82) is 0 Å². The van der Waals surface area contributed by atoms with E-state index in [2.05, 4.69) is 11.9 Å². The van der Waals surface area contributed by atoms with Crippen LogP contribution in [0, 0.1) is 0 Å². The van der Waals surface area contributed by atoms with Crippen LogP contribution in [0.2, 0.25) is 0 Å². The third kappa shape index (κ3) is 3.57.